The van der Waals surface area contributed by atoms with Crippen molar-refractivity contribution >= 4 is 18.4 Å². The van der Waals surface area contributed by atoms with Gasteiger partial charge in [0, 0.05) is 19.6 Å². The fourth-order valence-electron chi connectivity index (χ4n) is 3.32. The van der Waals surface area contributed by atoms with E-state index >= 15 is 0 Å². The lowest BCUT2D eigenvalue weighted by molar-refractivity contribution is -0.137. The van der Waals surface area contributed by atoms with E-state index in [0.717, 1.165) is 25.9 Å². The Bertz CT molecular complexity index is 618. The first-order valence-electron chi connectivity index (χ1n) is 8.92. The van der Waals surface area contributed by atoms with E-state index in [1.807, 2.05) is 36.4 Å². The molecule has 5 heteroatoms. The normalized spacial score (nSPS) is 15.6. The van der Waals surface area contributed by atoms with Crippen molar-refractivity contribution in [3.8, 4) is 0 Å². The molecular formula is C21H26ClNO3. The molecule has 4 nitrogen and oxygen atoms in total. The molecule has 1 fully saturated rings. The second kappa shape index (κ2) is 10.3. The van der Waals surface area contributed by atoms with Crippen LogP contribution in [-0.2, 0) is 9.53 Å². The lowest BCUT2D eigenvalue weighted by Crippen LogP contribution is -2.38. The topological polar surface area (TPSA) is 49.8 Å². The number of benzene rings is 2. The van der Waals surface area contributed by atoms with Crippen molar-refractivity contribution in [3.05, 3.63) is 71.8 Å². The van der Waals surface area contributed by atoms with E-state index in [1.165, 1.54) is 11.1 Å². The molecule has 0 saturated carbocycles. The SMILES string of the molecule is Cl.O=C(O)CCN1CCC(OC(c2ccccc2)c2ccccc2)CC1. The molecule has 0 atom stereocenters. The quantitative estimate of drug-likeness (QED) is 0.789. The monoisotopic (exact) mass is 375 g/mol. The summed E-state index contributed by atoms with van der Waals surface area (Å²) in [6.45, 7) is 2.42. The predicted octanol–water partition coefficient (Wildman–Crippen LogP) is 4.15. The maximum absolute atomic E-state index is 10.7. The molecule has 0 aliphatic carbocycles. The minimum atomic E-state index is -0.730. The van der Waals surface area contributed by atoms with Crippen LogP contribution in [0.25, 0.3) is 0 Å². The number of likely N-dealkylation sites (tertiary alicyclic amines) is 1. The van der Waals surface area contributed by atoms with Gasteiger partial charge in [-0.1, -0.05) is 60.7 Å². The van der Waals surface area contributed by atoms with Gasteiger partial charge in [0.2, 0.25) is 0 Å². The molecule has 1 heterocycles. The van der Waals surface area contributed by atoms with Gasteiger partial charge in [0.05, 0.1) is 12.5 Å². The van der Waals surface area contributed by atoms with Crippen LogP contribution < -0.4 is 0 Å². The largest absolute Gasteiger partial charge is 0.481 e. The third-order valence-electron chi connectivity index (χ3n) is 4.71. The minimum Gasteiger partial charge on any atom is -0.481 e. The molecule has 2 aromatic carbocycles. The smallest absolute Gasteiger partial charge is 0.304 e. The van der Waals surface area contributed by atoms with Crippen LogP contribution in [0, 0.1) is 0 Å². The second-order valence-corrected chi connectivity index (χ2v) is 6.52. The average molecular weight is 376 g/mol. The Hall–Kier alpha value is -1.88. The number of nitrogens with zero attached hydrogens (tertiary/aromatic N) is 1. The number of hydrogen-bond donors (Lipinski definition) is 1. The zero-order chi connectivity index (χ0) is 17.5. The summed E-state index contributed by atoms with van der Waals surface area (Å²) in [6.07, 6.45) is 2.23. The molecular weight excluding hydrogens is 350 g/mol. The van der Waals surface area contributed by atoms with Crippen molar-refractivity contribution in [1.82, 2.24) is 4.90 Å². The number of ether oxygens (including phenoxy) is 1. The maximum Gasteiger partial charge on any atom is 0.304 e. The molecule has 2 aromatic rings. The number of aliphatic carboxylic acids is 1. The number of piperidine rings is 1. The van der Waals surface area contributed by atoms with Gasteiger partial charge < -0.3 is 14.7 Å². The van der Waals surface area contributed by atoms with Crippen LogP contribution in [0.4, 0.5) is 0 Å². The summed E-state index contributed by atoms with van der Waals surface area (Å²) in [4.78, 5) is 12.9. The number of hydrogen-bond acceptors (Lipinski definition) is 3. The van der Waals surface area contributed by atoms with E-state index in [2.05, 4.69) is 29.2 Å². The molecule has 0 unspecified atom stereocenters. The minimum absolute atomic E-state index is 0. The van der Waals surface area contributed by atoms with E-state index in [1.54, 1.807) is 0 Å². The zero-order valence-corrected chi connectivity index (χ0v) is 15.6. The van der Waals surface area contributed by atoms with Crippen LogP contribution in [0.3, 0.4) is 0 Å². The summed E-state index contributed by atoms with van der Waals surface area (Å²) in [5.74, 6) is -0.730. The van der Waals surface area contributed by atoms with E-state index in [9.17, 15) is 4.79 Å². The van der Waals surface area contributed by atoms with Gasteiger partial charge in [-0.25, -0.2) is 0 Å². The first kappa shape index (κ1) is 20.4. The average Bonchev–Trinajstić information content (AvgIpc) is 2.67. The molecule has 0 radical (unpaired) electrons. The van der Waals surface area contributed by atoms with Crippen molar-refractivity contribution < 1.29 is 14.6 Å². The third-order valence-corrected chi connectivity index (χ3v) is 4.71. The summed E-state index contributed by atoms with van der Waals surface area (Å²) < 4.78 is 6.49. The Kier molecular flexibility index (Phi) is 8.10. The Balaban J connectivity index is 0.00000243. The number of carboxylic acid groups (broad SMARTS) is 1. The van der Waals surface area contributed by atoms with Crippen LogP contribution in [0.2, 0.25) is 0 Å². The molecule has 0 amide bonds. The van der Waals surface area contributed by atoms with E-state index in [-0.39, 0.29) is 31.0 Å². The molecule has 140 valence electrons. The third kappa shape index (κ3) is 5.84. The van der Waals surface area contributed by atoms with Crippen molar-refractivity contribution in [2.24, 2.45) is 0 Å². The Morgan fingerprint density at radius 3 is 1.96 bits per heavy atom. The molecule has 26 heavy (non-hydrogen) atoms. The molecule has 0 spiro atoms. The summed E-state index contributed by atoms with van der Waals surface area (Å²) in [5.41, 5.74) is 2.34. The Labute approximate surface area is 161 Å². The summed E-state index contributed by atoms with van der Waals surface area (Å²) in [6, 6.07) is 20.7. The van der Waals surface area contributed by atoms with Crippen LogP contribution >= 0.6 is 12.4 Å². The van der Waals surface area contributed by atoms with Crippen LogP contribution in [-0.4, -0.2) is 41.7 Å². The Morgan fingerprint density at radius 1 is 1.00 bits per heavy atom. The summed E-state index contributed by atoms with van der Waals surface area (Å²) in [7, 11) is 0. The van der Waals surface area contributed by atoms with E-state index < -0.39 is 5.97 Å². The Morgan fingerprint density at radius 2 is 1.50 bits per heavy atom. The summed E-state index contributed by atoms with van der Waals surface area (Å²) >= 11 is 0. The molecule has 1 saturated heterocycles. The maximum atomic E-state index is 10.7. The van der Waals surface area contributed by atoms with E-state index in [4.69, 9.17) is 9.84 Å². The zero-order valence-electron chi connectivity index (χ0n) is 14.8. The predicted molar refractivity (Wildman–Crippen MR) is 105 cm³/mol. The number of carboxylic acids is 1. The van der Waals surface area contributed by atoms with Gasteiger partial charge in [-0.3, -0.25) is 4.79 Å². The highest BCUT2D eigenvalue weighted by molar-refractivity contribution is 5.85. The van der Waals surface area contributed by atoms with Gasteiger partial charge in [0.25, 0.3) is 0 Å². The lowest BCUT2D eigenvalue weighted by Gasteiger charge is -2.34. The van der Waals surface area contributed by atoms with Gasteiger partial charge in [0.15, 0.2) is 0 Å². The van der Waals surface area contributed by atoms with Gasteiger partial charge in [-0.2, -0.15) is 0 Å². The van der Waals surface area contributed by atoms with Crippen molar-refractivity contribution in [1.29, 1.82) is 0 Å². The molecule has 3 rings (SSSR count). The van der Waals surface area contributed by atoms with Gasteiger partial charge in [-0.15, -0.1) is 12.4 Å². The molecule has 1 aliphatic rings. The summed E-state index contributed by atoms with van der Waals surface area (Å²) in [5, 5.41) is 8.82. The van der Waals surface area contributed by atoms with Gasteiger partial charge >= 0.3 is 5.97 Å². The van der Waals surface area contributed by atoms with Crippen LogP contribution in [0.5, 0.6) is 0 Å². The fourth-order valence-corrected chi connectivity index (χ4v) is 3.32. The van der Waals surface area contributed by atoms with Crippen molar-refractivity contribution in [2.75, 3.05) is 19.6 Å². The van der Waals surface area contributed by atoms with Crippen molar-refractivity contribution in [3.63, 3.8) is 0 Å². The number of carbonyl (C=O) groups is 1. The standard InChI is InChI=1S/C21H25NO3.ClH/c23-20(24)13-16-22-14-11-19(12-15-22)25-21(17-7-3-1-4-8-17)18-9-5-2-6-10-18;/h1-10,19,21H,11-16H2,(H,23,24);1H. The van der Waals surface area contributed by atoms with Crippen LogP contribution in [0.15, 0.2) is 60.7 Å². The molecule has 1 aliphatic heterocycles. The van der Waals surface area contributed by atoms with Crippen molar-refractivity contribution in [2.45, 2.75) is 31.5 Å². The lowest BCUT2D eigenvalue weighted by atomic mass is 10.00. The number of rotatable bonds is 7. The molecule has 0 aromatic heterocycles. The first-order valence-corrected chi connectivity index (χ1v) is 8.92. The molecule has 1 N–H and O–H groups in total. The highest BCUT2D eigenvalue weighted by atomic mass is 35.5. The fraction of sp³-hybridized carbons (Fsp3) is 0.381. The van der Waals surface area contributed by atoms with Gasteiger partial charge in [-0.05, 0) is 24.0 Å². The highest BCUT2D eigenvalue weighted by Gasteiger charge is 2.24. The van der Waals surface area contributed by atoms with Gasteiger partial charge in [0.1, 0.15) is 6.10 Å². The second-order valence-electron chi connectivity index (χ2n) is 6.52. The van der Waals surface area contributed by atoms with E-state index in [0.29, 0.717) is 6.54 Å². The highest BCUT2D eigenvalue weighted by Crippen LogP contribution is 2.29. The number of halogens is 1. The molecule has 0 bridgehead atoms. The first-order chi connectivity index (χ1) is 12.2. The van der Waals surface area contributed by atoms with Crippen LogP contribution in [0.1, 0.15) is 36.5 Å².